The Balaban J connectivity index is 2.47. The SMILES string of the molecule is COc1cc(F)c(C2(C(=O)NN)CC2)cc1F. The van der Waals surface area contributed by atoms with Crippen LogP contribution in [0, 0.1) is 11.6 Å². The maximum absolute atomic E-state index is 13.8. The van der Waals surface area contributed by atoms with Crippen molar-refractivity contribution in [2.24, 2.45) is 5.84 Å². The zero-order chi connectivity index (χ0) is 12.6. The number of carbonyl (C=O) groups is 1. The summed E-state index contributed by atoms with van der Waals surface area (Å²) in [5.74, 6) is 3.00. The van der Waals surface area contributed by atoms with Gasteiger partial charge in [0.1, 0.15) is 5.82 Å². The molecule has 1 aliphatic carbocycles. The number of nitrogens with one attached hydrogen (secondary N) is 1. The molecule has 0 saturated heterocycles. The minimum atomic E-state index is -1.02. The van der Waals surface area contributed by atoms with E-state index in [1.165, 1.54) is 7.11 Å². The monoisotopic (exact) mass is 242 g/mol. The van der Waals surface area contributed by atoms with Crippen molar-refractivity contribution >= 4 is 5.91 Å². The third kappa shape index (κ3) is 1.74. The van der Waals surface area contributed by atoms with Gasteiger partial charge in [-0.2, -0.15) is 0 Å². The fourth-order valence-electron chi connectivity index (χ4n) is 1.93. The van der Waals surface area contributed by atoms with E-state index in [1.54, 1.807) is 0 Å². The number of methoxy groups -OCH3 is 1. The molecule has 2 rings (SSSR count). The summed E-state index contributed by atoms with van der Waals surface area (Å²) in [7, 11) is 1.25. The average Bonchev–Trinajstić information content (AvgIpc) is 3.11. The Morgan fingerprint density at radius 2 is 2.06 bits per heavy atom. The first-order valence-corrected chi connectivity index (χ1v) is 5.09. The summed E-state index contributed by atoms with van der Waals surface area (Å²) in [5, 5.41) is 0. The second kappa shape index (κ2) is 3.96. The topological polar surface area (TPSA) is 64.3 Å². The molecule has 1 fully saturated rings. The van der Waals surface area contributed by atoms with Crippen LogP contribution >= 0.6 is 0 Å². The summed E-state index contributed by atoms with van der Waals surface area (Å²) in [4.78, 5) is 11.6. The molecule has 6 heteroatoms. The Labute approximate surface area is 96.7 Å². The summed E-state index contributed by atoms with van der Waals surface area (Å²) in [5.41, 5.74) is 0.987. The van der Waals surface area contributed by atoms with Gasteiger partial charge in [0, 0.05) is 11.6 Å². The van der Waals surface area contributed by atoms with Crippen molar-refractivity contribution in [2.45, 2.75) is 18.3 Å². The van der Waals surface area contributed by atoms with Crippen LogP contribution in [-0.4, -0.2) is 13.0 Å². The number of rotatable bonds is 3. The molecule has 0 spiro atoms. The summed E-state index contributed by atoms with van der Waals surface area (Å²) in [6.45, 7) is 0. The van der Waals surface area contributed by atoms with Crippen LogP contribution in [0.15, 0.2) is 12.1 Å². The van der Waals surface area contributed by atoms with Crippen LogP contribution in [0.1, 0.15) is 18.4 Å². The zero-order valence-corrected chi connectivity index (χ0v) is 9.22. The molecule has 0 heterocycles. The number of nitrogens with two attached hydrogens (primary N) is 1. The molecule has 0 radical (unpaired) electrons. The van der Waals surface area contributed by atoms with Crippen molar-refractivity contribution in [1.82, 2.24) is 5.43 Å². The Kier molecular flexibility index (Phi) is 2.74. The summed E-state index contributed by atoms with van der Waals surface area (Å²) >= 11 is 0. The van der Waals surface area contributed by atoms with Crippen LogP contribution in [0.3, 0.4) is 0 Å². The molecule has 3 N–H and O–H groups in total. The fourth-order valence-corrected chi connectivity index (χ4v) is 1.93. The first kappa shape index (κ1) is 11.8. The van der Waals surface area contributed by atoms with Gasteiger partial charge in [0.2, 0.25) is 5.91 Å². The van der Waals surface area contributed by atoms with E-state index in [1.807, 2.05) is 5.43 Å². The van der Waals surface area contributed by atoms with Gasteiger partial charge >= 0.3 is 0 Å². The Hall–Kier alpha value is -1.69. The first-order chi connectivity index (χ1) is 8.05. The molecule has 17 heavy (non-hydrogen) atoms. The van der Waals surface area contributed by atoms with Crippen molar-refractivity contribution < 1.29 is 18.3 Å². The van der Waals surface area contributed by atoms with Gasteiger partial charge in [0.15, 0.2) is 11.6 Å². The average molecular weight is 242 g/mol. The Morgan fingerprint density at radius 1 is 1.41 bits per heavy atom. The highest BCUT2D eigenvalue weighted by molar-refractivity contribution is 5.90. The van der Waals surface area contributed by atoms with E-state index in [-0.39, 0.29) is 11.3 Å². The van der Waals surface area contributed by atoms with Gasteiger partial charge < -0.3 is 4.74 Å². The van der Waals surface area contributed by atoms with E-state index >= 15 is 0 Å². The minimum Gasteiger partial charge on any atom is -0.494 e. The Bertz CT molecular complexity index is 473. The van der Waals surface area contributed by atoms with E-state index in [9.17, 15) is 13.6 Å². The van der Waals surface area contributed by atoms with Crippen LogP contribution in [0.25, 0.3) is 0 Å². The van der Waals surface area contributed by atoms with Crippen molar-refractivity contribution in [2.75, 3.05) is 7.11 Å². The van der Waals surface area contributed by atoms with Crippen LogP contribution in [0.4, 0.5) is 8.78 Å². The molecule has 0 aromatic heterocycles. The first-order valence-electron chi connectivity index (χ1n) is 5.09. The molecule has 1 aliphatic rings. The number of hydrazine groups is 1. The predicted molar refractivity (Wildman–Crippen MR) is 56.2 cm³/mol. The number of hydrogen-bond acceptors (Lipinski definition) is 3. The molecule has 0 unspecified atom stereocenters. The maximum Gasteiger partial charge on any atom is 0.244 e. The van der Waals surface area contributed by atoms with Gasteiger partial charge in [0.25, 0.3) is 0 Å². The quantitative estimate of drug-likeness (QED) is 0.472. The molecule has 0 bridgehead atoms. The van der Waals surface area contributed by atoms with Gasteiger partial charge in [-0.15, -0.1) is 0 Å². The van der Waals surface area contributed by atoms with Gasteiger partial charge in [-0.3, -0.25) is 10.2 Å². The maximum atomic E-state index is 13.8. The van der Waals surface area contributed by atoms with Crippen molar-refractivity contribution in [3.05, 3.63) is 29.3 Å². The van der Waals surface area contributed by atoms with Gasteiger partial charge in [-0.25, -0.2) is 14.6 Å². The van der Waals surface area contributed by atoms with Gasteiger partial charge in [0.05, 0.1) is 12.5 Å². The predicted octanol–water partition coefficient (Wildman–Crippen LogP) is 0.995. The van der Waals surface area contributed by atoms with E-state index in [2.05, 4.69) is 4.74 Å². The van der Waals surface area contributed by atoms with Crippen LogP contribution in [-0.2, 0) is 10.2 Å². The second-order valence-corrected chi connectivity index (χ2v) is 4.02. The lowest BCUT2D eigenvalue weighted by molar-refractivity contribution is -0.123. The highest BCUT2D eigenvalue weighted by Gasteiger charge is 2.53. The molecule has 1 amide bonds. The van der Waals surface area contributed by atoms with Crippen molar-refractivity contribution in [3.8, 4) is 5.75 Å². The van der Waals surface area contributed by atoms with Crippen LogP contribution in [0.5, 0.6) is 5.75 Å². The number of benzene rings is 1. The number of carbonyl (C=O) groups excluding carboxylic acids is 1. The molecule has 4 nitrogen and oxygen atoms in total. The van der Waals surface area contributed by atoms with Gasteiger partial charge in [-0.05, 0) is 18.9 Å². The number of halogens is 2. The van der Waals surface area contributed by atoms with E-state index < -0.39 is 23.0 Å². The van der Waals surface area contributed by atoms with Gasteiger partial charge in [-0.1, -0.05) is 0 Å². The summed E-state index contributed by atoms with van der Waals surface area (Å²) in [6, 6.07) is 1.94. The van der Waals surface area contributed by atoms with Crippen molar-refractivity contribution in [3.63, 3.8) is 0 Å². The molecule has 1 saturated carbocycles. The molecule has 0 atom stereocenters. The molecular weight excluding hydrogens is 230 g/mol. The zero-order valence-electron chi connectivity index (χ0n) is 9.22. The van der Waals surface area contributed by atoms with Crippen LogP contribution < -0.4 is 16.0 Å². The summed E-state index contributed by atoms with van der Waals surface area (Å²) in [6.07, 6.45) is 0.914. The molecule has 0 aliphatic heterocycles. The molecule has 92 valence electrons. The third-order valence-corrected chi connectivity index (χ3v) is 3.07. The number of amides is 1. The number of hydrogen-bond donors (Lipinski definition) is 2. The lowest BCUT2D eigenvalue weighted by atomic mass is 9.94. The lowest BCUT2D eigenvalue weighted by Gasteiger charge is -2.15. The summed E-state index contributed by atoms with van der Waals surface area (Å²) < 4.78 is 31.9. The largest absolute Gasteiger partial charge is 0.494 e. The molecule has 1 aromatic carbocycles. The smallest absolute Gasteiger partial charge is 0.244 e. The van der Waals surface area contributed by atoms with Crippen LogP contribution in [0.2, 0.25) is 0 Å². The third-order valence-electron chi connectivity index (χ3n) is 3.07. The Morgan fingerprint density at radius 3 is 2.53 bits per heavy atom. The minimum absolute atomic E-state index is 0.0266. The van der Waals surface area contributed by atoms with Crippen molar-refractivity contribution in [1.29, 1.82) is 0 Å². The fraction of sp³-hybridized carbons (Fsp3) is 0.364. The highest BCUT2D eigenvalue weighted by atomic mass is 19.1. The number of ether oxygens (including phenoxy) is 1. The lowest BCUT2D eigenvalue weighted by Crippen LogP contribution is -2.39. The van der Waals surface area contributed by atoms with E-state index in [0.717, 1.165) is 12.1 Å². The standard InChI is InChI=1S/C11H12F2N2O2/c1-17-9-5-7(12)6(4-8(9)13)11(2-3-11)10(16)15-14/h4-5H,2-3,14H2,1H3,(H,15,16). The molecular formula is C11H12F2N2O2. The normalized spacial score (nSPS) is 16.5. The van der Waals surface area contributed by atoms with E-state index in [4.69, 9.17) is 5.84 Å². The van der Waals surface area contributed by atoms with E-state index in [0.29, 0.717) is 12.8 Å². The second-order valence-electron chi connectivity index (χ2n) is 4.02. The molecule has 1 aromatic rings. The highest BCUT2D eigenvalue weighted by Crippen LogP contribution is 2.49.